The minimum Gasteiger partial charge on any atom is -0.351 e. The third-order valence-electron chi connectivity index (χ3n) is 8.86. The first-order valence-corrected chi connectivity index (χ1v) is 14.8. The Kier molecular flexibility index (Phi) is 7.22. The van der Waals surface area contributed by atoms with Crippen molar-refractivity contribution in [2.24, 2.45) is 0 Å². The SMILES string of the molecule is Cc1cccc(CN2C(=O)c3cc4ccc(C)cc4n3CC2(C(=O)NC2CCCCCCC2)c2ccccc2)c1. The second kappa shape index (κ2) is 11.0. The molecule has 1 unspecified atom stereocenters. The number of fused-ring (bicyclic) bond motifs is 3. The molecule has 6 rings (SSSR count). The lowest BCUT2D eigenvalue weighted by atomic mass is 9.83. The van der Waals surface area contributed by atoms with E-state index in [4.69, 9.17) is 0 Å². The summed E-state index contributed by atoms with van der Waals surface area (Å²) in [5, 5.41) is 4.50. The molecule has 40 heavy (non-hydrogen) atoms. The molecule has 1 fully saturated rings. The van der Waals surface area contributed by atoms with Crippen LogP contribution in [0.15, 0.2) is 78.9 Å². The van der Waals surface area contributed by atoms with E-state index in [1.54, 1.807) is 0 Å². The first-order valence-electron chi connectivity index (χ1n) is 14.8. The Morgan fingerprint density at radius 1 is 0.850 bits per heavy atom. The number of hydrogen-bond acceptors (Lipinski definition) is 2. The summed E-state index contributed by atoms with van der Waals surface area (Å²) >= 11 is 0. The maximum absolute atomic E-state index is 14.8. The van der Waals surface area contributed by atoms with Crippen LogP contribution in [0.1, 0.15) is 77.7 Å². The van der Waals surface area contributed by atoms with Gasteiger partial charge in [0.25, 0.3) is 11.8 Å². The highest BCUT2D eigenvalue weighted by molar-refractivity contribution is 6.04. The lowest BCUT2D eigenvalue weighted by molar-refractivity contribution is -0.136. The van der Waals surface area contributed by atoms with Crippen LogP contribution in [0.25, 0.3) is 10.9 Å². The first-order chi connectivity index (χ1) is 19.5. The standard InChI is InChI=1S/C35H39N3O2/c1-25-12-11-13-27(20-25)23-38-33(39)32-22-28-19-18-26(2)21-31(28)37(32)24-35(38,29-14-7-6-8-15-29)34(40)36-30-16-9-4-3-5-10-17-30/h6-8,11-15,18-22,30H,3-5,9-10,16-17,23-24H2,1-2H3,(H,36,40). The second-order valence-corrected chi connectivity index (χ2v) is 11.8. The van der Waals surface area contributed by atoms with Gasteiger partial charge in [0, 0.05) is 23.5 Å². The van der Waals surface area contributed by atoms with E-state index >= 15 is 0 Å². The van der Waals surface area contributed by atoms with Crippen molar-refractivity contribution in [1.82, 2.24) is 14.8 Å². The van der Waals surface area contributed by atoms with Crippen LogP contribution < -0.4 is 5.32 Å². The van der Waals surface area contributed by atoms with Crippen molar-refractivity contribution in [2.75, 3.05) is 0 Å². The fourth-order valence-electron chi connectivity index (χ4n) is 6.73. The first kappa shape index (κ1) is 26.4. The quantitative estimate of drug-likeness (QED) is 0.299. The largest absolute Gasteiger partial charge is 0.351 e. The molecule has 1 aliphatic carbocycles. The summed E-state index contributed by atoms with van der Waals surface area (Å²) in [6.45, 7) is 4.86. The van der Waals surface area contributed by atoms with Gasteiger partial charge in [0.05, 0.1) is 6.54 Å². The minimum atomic E-state index is -1.19. The molecule has 0 saturated heterocycles. The number of benzene rings is 3. The third-order valence-corrected chi connectivity index (χ3v) is 8.86. The lowest BCUT2D eigenvalue weighted by Crippen LogP contribution is -2.64. The van der Waals surface area contributed by atoms with Crippen LogP contribution in [0.3, 0.4) is 0 Å². The van der Waals surface area contributed by atoms with Crippen molar-refractivity contribution in [2.45, 2.75) is 83.5 Å². The number of rotatable bonds is 5. The molecule has 1 N–H and O–H groups in total. The van der Waals surface area contributed by atoms with Crippen LogP contribution in [-0.4, -0.2) is 27.3 Å². The van der Waals surface area contributed by atoms with Crippen molar-refractivity contribution >= 4 is 22.7 Å². The molecule has 2 heterocycles. The molecule has 1 atom stereocenters. The molecule has 1 saturated carbocycles. The van der Waals surface area contributed by atoms with Crippen LogP contribution in [0.2, 0.25) is 0 Å². The molecule has 5 heteroatoms. The zero-order valence-corrected chi connectivity index (χ0v) is 23.7. The van der Waals surface area contributed by atoms with Crippen LogP contribution in [0.5, 0.6) is 0 Å². The Morgan fingerprint density at radius 2 is 1.57 bits per heavy atom. The van der Waals surface area contributed by atoms with Gasteiger partial charge in [-0.15, -0.1) is 0 Å². The summed E-state index contributed by atoms with van der Waals surface area (Å²) in [6.07, 6.45) is 7.93. The van der Waals surface area contributed by atoms with Gasteiger partial charge in [-0.2, -0.15) is 0 Å². The van der Waals surface area contributed by atoms with Gasteiger partial charge in [0.2, 0.25) is 0 Å². The molecule has 206 valence electrons. The van der Waals surface area contributed by atoms with Gasteiger partial charge in [0.1, 0.15) is 5.69 Å². The predicted molar refractivity (Wildman–Crippen MR) is 160 cm³/mol. The molecular formula is C35H39N3O2. The molecule has 1 aromatic heterocycles. The van der Waals surface area contributed by atoms with E-state index < -0.39 is 5.54 Å². The number of nitrogens with zero attached hydrogens (tertiary/aromatic N) is 2. The Bertz CT molecular complexity index is 1530. The number of hydrogen-bond donors (Lipinski definition) is 1. The van der Waals surface area contributed by atoms with E-state index in [2.05, 4.69) is 60.1 Å². The molecule has 5 nitrogen and oxygen atoms in total. The van der Waals surface area contributed by atoms with E-state index in [0.717, 1.165) is 58.8 Å². The summed E-state index contributed by atoms with van der Waals surface area (Å²) in [4.78, 5) is 31.2. The van der Waals surface area contributed by atoms with Crippen molar-refractivity contribution in [3.05, 3.63) is 107 Å². The molecule has 0 spiro atoms. The van der Waals surface area contributed by atoms with Gasteiger partial charge in [-0.25, -0.2) is 0 Å². The minimum absolute atomic E-state index is 0.0783. The van der Waals surface area contributed by atoms with Crippen LogP contribution in [0, 0.1) is 13.8 Å². The maximum Gasteiger partial charge on any atom is 0.272 e. The highest BCUT2D eigenvalue weighted by Crippen LogP contribution is 2.40. The van der Waals surface area contributed by atoms with Crippen LogP contribution in [0.4, 0.5) is 0 Å². The van der Waals surface area contributed by atoms with E-state index in [0.29, 0.717) is 18.8 Å². The summed E-state index contributed by atoms with van der Waals surface area (Å²) in [7, 11) is 0. The highest BCUT2D eigenvalue weighted by atomic mass is 16.2. The van der Waals surface area contributed by atoms with Gasteiger partial charge in [0.15, 0.2) is 5.54 Å². The fourth-order valence-corrected chi connectivity index (χ4v) is 6.73. The predicted octanol–water partition coefficient (Wildman–Crippen LogP) is 7.04. The molecule has 2 aliphatic rings. The number of carbonyl (C=O) groups is 2. The van der Waals surface area contributed by atoms with Gasteiger partial charge < -0.3 is 14.8 Å². The van der Waals surface area contributed by atoms with Crippen LogP contribution in [-0.2, 0) is 23.4 Å². The lowest BCUT2D eigenvalue weighted by Gasteiger charge is -2.47. The van der Waals surface area contributed by atoms with Gasteiger partial charge in [-0.1, -0.05) is 104 Å². The van der Waals surface area contributed by atoms with Crippen molar-refractivity contribution in [3.8, 4) is 0 Å². The second-order valence-electron chi connectivity index (χ2n) is 11.8. The smallest absolute Gasteiger partial charge is 0.272 e. The fraction of sp³-hybridized carbons (Fsp3) is 0.371. The van der Waals surface area contributed by atoms with Gasteiger partial charge in [-0.3, -0.25) is 9.59 Å². The van der Waals surface area contributed by atoms with Crippen molar-refractivity contribution in [1.29, 1.82) is 0 Å². The van der Waals surface area contributed by atoms with Gasteiger partial charge in [-0.05, 0) is 55.5 Å². The van der Waals surface area contributed by atoms with Crippen LogP contribution >= 0.6 is 0 Å². The summed E-state index contributed by atoms with van der Waals surface area (Å²) in [5.41, 5.74) is 4.58. The van der Waals surface area contributed by atoms with E-state index in [1.165, 1.54) is 19.3 Å². The molecule has 0 bridgehead atoms. The zero-order chi connectivity index (χ0) is 27.7. The van der Waals surface area contributed by atoms with Crippen molar-refractivity contribution in [3.63, 3.8) is 0 Å². The Hall–Kier alpha value is -3.86. The molecule has 2 amide bonds. The summed E-state index contributed by atoms with van der Waals surface area (Å²) < 4.78 is 2.09. The van der Waals surface area contributed by atoms with E-state index in [9.17, 15) is 9.59 Å². The topological polar surface area (TPSA) is 54.3 Å². The van der Waals surface area contributed by atoms with Crippen molar-refractivity contribution < 1.29 is 9.59 Å². The number of aromatic nitrogens is 1. The number of amides is 2. The zero-order valence-electron chi connectivity index (χ0n) is 23.7. The monoisotopic (exact) mass is 533 g/mol. The summed E-state index contributed by atoms with van der Waals surface area (Å²) in [5.74, 6) is -0.191. The van der Waals surface area contributed by atoms with E-state index in [1.807, 2.05) is 47.4 Å². The Balaban J connectivity index is 1.52. The van der Waals surface area contributed by atoms with Gasteiger partial charge >= 0.3 is 0 Å². The molecular weight excluding hydrogens is 494 g/mol. The molecule has 4 aromatic rings. The number of aryl methyl sites for hydroxylation is 2. The highest BCUT2D eigenvalue weighted by Gasteiger charge is 2.52. The third kappa shape index (κ3) is 4.83. The average molecular weight is 534 g/mol. The summed E-state index contributed by atoms with van der Waals surface area (Å²) in [6, 6.07) is 26.6. The maximum atomic E-state index is 14.8. The Labute approximate surface area is 237 Å². The normalized spacial score (nSPS) is 20.1. The van der Waals surface area contributed by atoms with E-state index in [-0.39, 0.29) is 17.9 Å². The molecule has 0 radical (unpaired) electrons. The Morgan fingerprint density at radius 3 is 2.33 bits per heavy atom. The molecule has 3 aromatic carbocycles. The average Bonchev–Trinajstić information content (AvgIpc) is 3.29. The number of carbonyl (C=O) groups excluding carboxylic acids is 2. The molecule has 1 aliphatic heterocycles. The number of nitrogens with one attached hydrogen (secondary N) is 1.